The van der Waals surface area contributed by atoms with Crippen molar-refractivity contribution in [1.82, 2.24) is 4.98 Å². The standard InChI is InChI=1S/C17H16NO5PS/c19-24-16(25(20,21)22)11-10-13(12-6-2-1-3-7-12)17-18-14-8-4-5-9-15(14)23-17/h1-9,13,16H,10-11H2,(H,20,21,22)/p+1. The third kappa shape index (κ3) is 4.12. The highest BCUT2D eigenvalue weighted by molar-refractivity contribution is 7.90. The third-order valence-corrected chi connectivity index (χ3v) is 6.71. The van der Waals surface area contributed by atoms with Gasteiger partial charge in [0.05, 0.1) is 5.92 Å². The predicted molar refractivity (Wildman–Crippen MR) is 95.9 cm³/mol. The van der Waals surface area contributed by atoms with Crippen LogP contribution >= 0.6 is 8.46 Å². The molecule has 1 aromatic heterocycles. The van der Waals surface area contributed by atoms with Gasteiger partial charge in [0, 0.05) is 6.42 Å². The van der Waals surface area contributed by atoms with Gasteiger partial charge in [-0.1, -0.05) is 47.0 Å². The maximum Gasteiger partial charge on any atom is 0.346 e. The van der Waals surface area contributed by atoms with Gasteiger partial charge >= 0.3 is 18.6 Å². The largest absolute Gasteiger partial charge is 0.440 e. The molecule has 0 spiro atoms. The van der Waals surface area contributed by atoms with Crippen molar-refractivity contribution in [3.63, 3.8) is 0 Å². The van der Waals surface area contributed by atoms with Crippen LogP contribution in [0.2, 0.25) is 0 Å². The van der Waals surface area contributed by atoms with Crippen LogP contribution in [0, 0.1) is 0 Å². The van der Waals surface area contributed by atoms with E-state index in [1.54, 1.807) is 0 Å². The molecule has 8 heteroatoms. The minimum absolute atomic E-state index is 0.0407. The molecule has 0 bridgehead atoms. The molecule has 0 aliphatic heterocycles. The normalized spacial score (nSPS) is 14.6. The zero-order valence-corrected chi connectivity index (χ0v) is 15.0. The first kappa shape index (κ1) is 17.7. The van der Waals surface area contributed by atoms with Crippen LogP contribution in [0.1, 0.15) is 30.2 Å². The number of nitrogens with zero attached hydrogens (tertiary/aromatic N) is 1. The Labute approximate surface area is 146 Å². The van der Waals surface area contributed by atoms with E-state index in [-0.39, 0.29) is 12.3 Å². The summed E-state index contributed by atoms with van der Waals surface area (Å²) in [5.41, 5.74) is 2.28. The van der Waals surface area contributed by atoms with E-state index in [1.165, 1.54) is 0 Å². The molecular formula is C17H17NO5PS+. The van der Waals surface area contributed by atoms with E-state index in [4.69, 9.17) is 4.42 Å². The molecule has 3 unspecified atom stereocenters. The van der Waals surface area contributed by atoms with Crippen LogP contribution in [-0.4, -0.2) is 22.9 Å². The molecular weight excluding hydrogens is 361 g/mol. The van der Waals surface area contributed by atoms with Crippen molar-refractivity contribution in [3.8, 4) is 0 Å². The van der Waals surface area contributed by atoms with Crippen LogP contribution in [0.3, 0.4) is 0 Å². The number of fused-ring (bicyclic) bond motifs is 1. The van der Waals surface area contributed by atoms with Gasteiger partial charge in [0.1, 0.15) is 5.52 Å². The Kier molecular flexibility index (Phi) is 5.27. The molecule has 0 saturated heterocycles. The van der Waals surface area contributed by atoms with E-state index in [0.717, 1.165) is 11.1 Å². The summed E-state index contributed by atoms with van der Waals surface area (Å²) < 4.78 is 48.8. The molecule has 1 heterocycles. The monoisotopic (exact) mass is 378 g/mol. The van der Waals surface area contributed by atoms with Crippen molar-refractivity contribution in [1.29, 1.82) is 0 Å². The Morgan fingerprint density at radius 3 is 2.36 bits per heavy atom. The molecule has 130 valence electrons. The lowest BCUT2D eigenvalue weighted by atomic mass is 9.94. The quantitative estimate of drug-likeness (QED) is 0.493. The lowest BCUT2D eigenvalue weighted by Crippen LogP contribution is -2.15. The summed E-state index contributed by atoms with van der Waals surface area (Å²) in [5, 5.41) is 0. The minimum atomic E-state index is -4.35. The van der Waals surface area contributed by atoms with Gasteiger partial charge in [-0.05, 0) is 24.1 Å². The summed E-state index contributed by atoms with van der Waals surface area (Å²) in [4.78, 5) is 3.20. The molecule has 0 fully saturated rings. The van der Waals surface area contributed by atoms with Crippen LogP contribution in [0.15, 0.2) is 59.0 Å². The first-order chi connectivity index (χ1) is 12.0. The van der Waals surface area contributed by atoms with Gasteiger partial charge in [0.15, 0.2) is 5.58 Å². The van der Waals surface area contributed by atoms with E-state index < -0.39 is 23.6 Å². The second kappa shape index (κ2) is 7.44. The third-order valence-electron chi connectivity index (χ3n) is 4.02. The van der Waals surface area contributed by atoms with Crippen molar-refractivity contribution in [2.24, 2.45) is 0 Å². The molecule has 2 aromatic carbocycles. The lowest BCUT2D eigenvalue weighted by molar-refractivity contribution is 0.459. The number of aromatic nitrogens is 1. The number of oxazole rings is 1. The van der Waals surface area contributed by atoms with Gasteiger partial charge in [-0.3, -0.25) is 4.55 Å². The second-order valence-corrected chi connectivity index (χ2v) is 8.63. The Balaban J connectivity index is 1.94. The van der Waals surface area contributed by atoms with Gasteiger partial charge < -0.3 is 4.42 Å². The molecule has 3 aromatic rings. The van der Waals surface area contributed by atoms with E-state index in [0.29, 0.717) is 17.9 Å². The van der Waals surface area contributed by atoms with Gasteiger partial charge in [0.25, 0.3) is 4.99 Å². The average Bonchev–Trinajstić information content (AvgIpc) is 3.02. The maximum absolute atomic E-state index is 11.3. The number of para-hydroxylation sites is 2. The minimum Gasteiger partial charge on any atom is -0.440 e. The zero-order chi connectivity index (χ0) is 17.9. The van der Waals surface area contributed by atoms with E-state index in [2.05, 4.69) is 4.98 Å². The summed E-state index contributed by atoms with van der Waals surface area (Å²) in [6, 6.07) is 16.8. The smallest absolute Gasteiger partial charge is 0.346 e. The molecule has 3 rings (SSSR count). The number of hydrogen-bond donors (Lipinski definition) is 1. The van der Waals surface area contributed by atoms with Crippen molar-refractivity contribution in [2.45, 2.75) is 23.8 Å². The van der Waals surface area contributed by atoms with Crippen molar-refractivity contribution < 1.29 is 22.0 Å². The molecule has 6 nitrogen and oxygen atoms in total. The fraction of sp³-hybridized carbons (Fsp3) is 0.235. The van der Waals surface area contributed by atoms with Crippen molar-refractivity contribution >= 4 is 29.7 Å². The highest BCUT2D eigenvalue weighted by atomic mass is 32.2. The fourth-order valence-corrected chi connectivity index (χ4v) is 3.95. The van der Waals surface area contributed by atoms with Crippen LogP contribution in [0.4, 0.5) is 0 Å². The summed E-state index contributed by atoms with van der Waals surface area (Å²) in [5.74, 6) is 0.171. The lowest BCUT2D eigenvalue weighted by Gasteiger charge is -2.13. The van der Waals surface area contributed by atoms with Crippen LogP contribution in [0.5, 0.6) is 0 Å². The summed E-state index contributed by atoms with van der Waals surface area (Å²) in [6.45, 7) is 0. The first-order valence-electron chi connectivity index (χ1n) is 7.73. The Hall–Kier alpha value is -2.08. The zero-order valence-electron chi connectivity index (χ0n) is 13.2. The maximum atomic E-state index is 11.3. The SMILES string of the molecule is O=[PH+]C(CCC(c1ccccc1)c1nc2ccccc2o1)S(=O)(=O)O. The second-order valence-electron chi connectivity index (χ2n) is 5.68. The Bertz CT molecular complexity index is 938. The van der Waals surface area contributed by atoms with Gasteiger partial charge in [0.2, 0.25) is 5.89 Å². The topological polar surface area (TPSA) is 97.5 Å². The van der Waals surface area contributed by atoms with Crippen molar-refractivity contribution in [2.75, 3.05) is 0 Å². The number of benzene rings is 2. The van der Waals surface area contributed by atoms with Gasteiger partial charge in [-0.25, -0.2) is 4.98 Å². The van der Waals surface area contributed by atoms with E-state index in [9.17, 15) is 17.5 Å². The Morgan fingerprint density at radius 2 is 1.72 bits per heavy atom. The predicted octanol–water partition coefficient (Wildman–Crippen LogP) is 3.98. The Morgan fingerprint density at radius 1 is 1.04 bits per heavy atom. The number of rotatable bonds is 7. The number of hydrogen-bond acceptors (Lipinski definition) is 5. The van der Waals surface area contributed by atoms with Crippen LogP contribution in [-0.2, 0) is 14.7 Å². The molecule has 0 saturated carbocycles. The van der Waals surface area contributed by atoms with E-state index >= 15 is 0 Å². The summed E-state index contributed by atoms with van der Waals surface area (Å²) in [6.07, 6.45) is 0.371. The van der Waals surface area contributed by atoms with Crippen molar-refractivity contribution in [3.05, 3.63) is 66.1 Å². The average molecular weight is 378 g/mol. The van der Waals surface area contributed by atoms with Gasteiger partial charge in [-0.2, -0.15) is 8.42 Å². The molecule has 0 amide bonds. The van der Waals surface area contributed by atoms with Crippen LogP contribution in [0.25, 0.3) is 11.1 Å². The van der Waals surface area contributed by atoms with E-state index in [1.807, 2.05) is 54.6 Å². The highest BCUT2D eigenvalue weighted by Gasteiger charge is 2.32. The van der Waals surface area contributed by atoms with Crippen LogP contribution < -0.4 is 0 Å². The molecule has 0 aliphatic rings. The summed E-state index contributed by atoms with van der Waals surface area (Å²) >= 11 is 0. The molecule has 1 N–H and O–H groups in total. The molecule has 0 aliphatic carbocycles. The molecule has 25 heavy (non-hydrogen) atoms. The first-order valence-corrected chi connectivity index (χ1v) is 10.2. The molecule has 0 radical (unpaired) electrons. The fourth-order valence-electron chi connectivity index (χ4n) is 2.74. The molecule has 3 atom stereocenters. The van der Waals surface area contributed by atoms with Gasteiger partial charge in [-0.15, -0.1) is 0 Å². The highest BCUT2D eigenvalue weighted by Crippen LogP contribution is 2.33. The summed E-state index contributed by atoms with van der Waals surface area (Å²) in [7, 11) is -5.48.